The van der Waals surface area contributed by atoms with E-state index in [1.165, 1.54) is 11.1 Å². The molecule has 3 nitrogen and oxygen atoms in total. The topological polar surface area (TPSA) is 49.7 Å². The molecule has 0 aromatic heterocycles. The lowest BCUT2D eigenvalue weighted by molar-refractivity contribution is 0.0613. The van der Waals surface area contributed by atoms with E-state index in [0.29, 0.717) is 28.8 Å². The molecule has 0 saturated carbocycles. The van der Waals surface area contributed by atoms with Crippen LogP contribution >= 0.6 is 0 Å². The Bertz CT molecular complexity index is 590. The van der Waals surface area contributed by atoms with E-state index < -0.39 is 8.32 Å². The van der Waals surface area contributed by atoms with Gasteiger partial charge in [-0.2, -0.15) is 0 Å². The predicted molar refractivity (Wildman–Crippen MR) is 111 cm³/mol. The van der Waals surface area contributed by atoms with Crippen molar-refractivity contribution in [1.29, 1.82) is 0 Å². The van der Waals surface area contributed by atoms with Gasteiger partial charge in [-0.1, -0.05) is 54.5 Å². The number of fused-ring (bicyclic) bond motifs is 1. The average Bonchev–Trinajstić information content (AvgIpc) is 2.53. The van der Waals surface area contributed by atoms with E-state index in [2.05, 4.69) is 48.5 Å². The first kappa shape index (κ1) is 21.5. The second kappa shape index (κ2) is 8.03. The van der Waals surface area contributed by atoms with Crippen LogP contribution in [0.15, 0.2) is 18.2 Å². The number of hydrogen-bond acceptors (Lipinski definition) is 3. The van der Waals surface area contributed by atoms with Gasteiger partial charge >= 0.3 is 0 Å². The summed E-state index contributed by atoms with van der Waals surface area (Å²) in [4.78, 5) is 0. The second-order valence-corrected chi connectivity index (χ2v) is 14.6. The minimum Gasteiger partial charge on any atom is -0.508 e. The van der Waals surface area contributed by atoms with Crippen molar-refractivity contribution in [2.45, 2.75) is 95.9 Å². The highest BCUT2D eigenvalue weighted by Gasteiger charge is 2.51. The van der Waals surface area contributed by atoms with Gasteiger partial charge in [0.15, 0.2) is 0 Å². The molecule has 1 aliphatic rings. The van der Waals surface area contributed by atoms with Crippen LogP contribution < -0.4 is 0 Å². The summed E-state index contributed by atoms with van der Waals surface area (Å²) in [6, 6.07) is 5.70. The summed E-state index contributed by atoms with van der Waals surface area (Å²) in [5.41, 5.74) is 3.85. The minimum atomic E-state index is -2.00. The zero-order valence-electron chi connectivity index (χ0n) is 17.7. The molecule has 2 N–H and O–H groups in total. The summed E-state index contributed by atoms with van der Waals surface area (Å²) in [6.45, 7) is 16.3. The van der Waals surface area contributed by atoms with Crippen molar-refractivity contribution in [1.82, 2.24) is 0 Å². The summed E-state index contributed by atoms with van der Waals surface area (Å²) in [7, 11) is -2.00. The van der Waals surface area contributed by atoms with Gasteiger partial charge in [-0.3, -0.25) is 0 Å². The smallest absolute Gasteiger partial charge is 0.200 e. The van der Waals surface area contributed by atoms with E-state index in [1.807, 2.05) is 12.1 Å². The van der Waals surface area contributed by atoms with Crippen LogP contribution in [0.4, 0.5) is 0 Å². The standard InChI is InChI=1S/C22H38O3Si/c1-15(2)26(16(3)4,17(5)6)25-21-11-8-18-14-19(24)9-10-20(18)22(21,7)12-13-23/h9-10,14-17,21,23-24H,8,11-13H2,1-7H3/t21-,22-/m1/s1. The fourth-order valence-electron chi connectivity index (χ4n) is 5.49. The Hall–Kier alpha value is -0.843. The van der Waals surface area contributed by atoms with Crippen molar-refractivity contribution in [3.05, 3.63) is 29.3 Å². The van der Waals surface area contributed by atoms with Gasteiger partial charge in [0.1, 0.15) is 5.75 Å². The van der Waals surface area contributed by atoms with Crippen LogP contribution in [-0.2, 0) is 16.3 Å². The third-order valence-electron chi connectivity index (χ3n) is 6.78. The zero-order valence-corrected chi connectivity index (χ0v) is 18.7. The number of hydrogen-bond donors (Lipinski definition) is 2. The summed E-state index contributed by atoms with van der Waals surface area (Å²) in [5, 5.41) is 19.7. The van der Waals surface area contributed by atoms with Crippen molar-refractivity contribution >= 4 is 8.32 Å². The van der Waals surface area contributed by atoms with Gasteiger partial charge in [0, 0.05) is 12.0 Å². The van der Waals surface area contributed by atoms with Crippen LogP contribution in [0.3, 0.4) is 0 Å². The molecule has 1 aliphatic carbocycles. The fraction of sp³-hybridized carbons (Fsp3) is 0.727. The van der Waals surface area contributed by atoms with Crippen molar-refractivity contribution in [3.8, 4) is 5.75 Å². The molecule has 26 heavy (non-hydrogen) atoms. The van der Waals surface area contributed by atoms with Gasteiger partial charge < -0.3 is 14.6 Å². The normalized spacial score (nSPS) is 23.7. The number of rotatable bonds is 7. The Kier molecular flexibility index (Phi) is 6.63. The molecular formula is C22H38O3Si. The maximum Gasteiger partial charge on any atom is 0.200 e. The highest BCUT2D eigenvalue weighted by atomic mass is 28.4. The second-order valence-electron chi connectivity index (χ2n) is 9.20. The van der Waals surface area contributed by atoms with Crippen LogP contribution in [0.1, 0.15) is 72.4 Å². The van der Waals surface area contributed by atoms with E-state index >= 15 is 0 Å². The number of phenols is 1. The molecule has 0 unspecified atom stereocenters. The van der Waals surface area contributed by atoms with Crippen molar-refractivity contribution in [3.63, 3.8) is 0 Å². The molecule has 0 bridgehead atoms. The molecule has 2 rings (SSSR count). The zero-order chi connectivity index (χ0) is 19.7. The summed E-state index contributed by atoms with van der Waals surface area (Å²) < 4.78 is 7.18. The molecule has 0 radical (unpaired) electrons. The number of phenolic OH excluding ortho intramolecular Hbond substituents is 1. The Morgan fingerprint density at radius 3 is 2.19 bits per heavy atom. The third-order valence-corrected chi connectivity index (χ3v) is 12.9. The van der Waals surface area contributed by atoms with Crippen LogP contribution in [0.5, 0.6) is 5.75 Å². The Morgan fingerprint density at radius 2 is 1.69 bits per heavy atom. The SMILES string of the molecule is CC(C)[Si](O[C@@H]1CCc2cc(O)ccc2[C@@]1(C)CCO)(C(C)C)C(C)C. The lowest BCUT2D eigenvalue weighted by atomic mass is 9.67. The number of aromatic hydroxyl groups is 1. The minimum absolute atomic E-state index is 0.116. The molecule has 0 amide bonds. The fourth-order valence-corrected chi connectivity index (χ4v) is 11.2. The molecular weight excluding hydrogens is 340 g/mol. The number of aliphatic hydroxyl groups is 1. The highest BCUT2D eigenvalue weighted by Crippen LogP contribution is 2.49. The van der Waals surface area contributed by atoms with Gasteiger partial charge in [0.05, 0.1) is 6.10 Å². The third kappa shape index (κ3) is 3.60. The van der Waals surface area contributed by atoms with E-state index in [0.717, 1.165) is 12.8 Å². The molecule has 0 fully saturated rings. The quantitative estimate of drug-likeness (QED) is 0.613. The monoisotopic (exact) mass is 378 g/mol. The number of benzene rings is 1. The van der Waals surface area contributed by atoms with Crippen LogP contribution in [-0.4, -0.2) is 31.2 Å². The molecule has 4 heteroatoms. The van der Waals surface area contributed by atoms with Crippen molar-refractivity contribution < 1.29 is 14.6 Å². The molecule has 0 heterocycles. The van der Waals surface area contributed by atoms with Gasteiger partial charge in [-0.25, -0.2) is 0 Å². The first-order valence-electron chi connectivity index (χ1n) is 10.2. The predicted octanol–water partition coefficient (Wildman–Crippen LogP) is 5.54. The molecule has 0 aliphatic heterocycles. The van der Waals surface area contributed by atoms with Crippen molar-refractivity contribution in [2.75, 3.05) is 6.61 Å². The summed E-state index contributed by atoms with van der Waals surface area (Å²) in [6.07, 6.45) is 2.68. The lowest BCUT2D eigenvalue weighted by Crippen LogP contribution is -2.55. The van der Waals surface area contributed by atoms with E-state index in [4.69, 9.17) is 4.43 Å². The van der Waals surface area contributed by atoms with Gasteiger partial charge in [-0.05, 0) is 59.1 Å². The van der Waals surface area contributed by atoms with Gasteiger partial charge in [0.2, 0.25) is 8.32 Å². The maximum atomic E-state index is 9.89. The molecule has 2 atom stereocenters. The highest BCUT2D eigenvalue weighted by molar-refractivity contribution is 6.77. The van der Waals surface area contributed by atoms with Crippen LogP contribution in [0, 0.1) is 0 Å². The Labute approximate surface area is 160 Å². The number of aryl methyl sites for hydroxylation is 1. The van der Waals surface area contributed by atoms with Crippen molar-refractivity contribution in [2.24, 2.45) is 0 Å². The Morgan fingerprint density at radius 1 is 1.12 bits per heavy atom. The summed E-state index contributed by atoms with van der Waals surface area (Å²) >= 11 is 0. The summed E-state index contributed by atoms with van der Waals surface area (Å²) in [5.74, 6) is 0.324. The van der Waals surface area contributed by atoms with E-state index in [-0.39, 0.29) is 18.1 Å². The maximum absolute atomic E-state index is 9.89. The molecule has 0 saturated heterocycles. The van der Waals surface area contributed by atoms with E-state index in [9.17, 15) is 10.2 Å². The number of aliphatic hydroxyl groups excluding tert-OH is 1. The lowest BCUT2D eigenvalue weighted by Gasteiger charge is -2.51. The largest absolute Gasteiger partial charge is 0.508 e. The first-order valence-corrected chi connectivity index (χ1v) is 12.3. The van der Waals surface area contributed by atoms with Crippen LogP contribution in [0.2, 0.25) is 16.6 Å². The molecule has 148 valence electrons. The van der Waals surface area contributed by atoms with E-state index in [1.54, 1.807) is 6.07 Å². The molecule has 0 spiro atoms. The first-order chi connectivity index (χ1) is 12.1. The molecule has 1 aromatic rings. The molecule has 1 aromatic carbocycles. The van der Waals surface area contributed by atoms with Crippen LogP contribution in [0.25, 0.3) is 0 Å². The van der Waals surface area contributed by atoms with Gasteiger partial charge in [-0.15, -0.1) is 0 Å². The Balaban J connectivity index is 2.49. The van der Waals surface area contributed by atoms with Gasteiger partial charge in [0.25, 0.3) is 0 Å². The average molecular weight is 379 g/mol.